The average Bonchev–Trinajstić information content (AvgIpc) is 2.48. The van der Waals surface area contributed by atoms with Gasteiger partial charge in [-0.1, -0.05) is 6.07 Å². The van der Waals surface area contributed by atoms with Gasteiger partial charge in [0.05, 0.1) is 18.4 Å². The molecule has 0 saturated heterocycles. The highest BCUT2D eigenvalue weighted by Gasteiger charge is 2.23. The number of nitrogens with one attached hydrogen (secondary N) is 1. The first-order valence-corrected chi connectivity index (χ1v) is 8.35. The van der Waals surface area contributed by atoms with Gasteiger partial charge < -0.3 is 9.84 Å². The number of carboxylic acid groups (broad SMARTS) is 1. The van der Waals surface area contributed by atoms with Crippen LogP contribution in [0, 0.1) is 19.7 Å². The lowest BCUT2D eigenvalue weighted by atomic mass is 10.1. The Hall–Kier alpha value is -2.61. The summed E-state index contributed by atoms with van der Waals surface area (Å²) in [5, 5.41) is 8.95. The third-order valence-corrected chi connectivity index (χ3v) is 4.71. The third-order valence-electron chi connectivity index (χ3n) is 3.34. The van der Waals surface area contributed by atoms with Gasteiger partial charge in [0.1, 0.15) is 16.5 Å². The van der Waals surface area contributed by atoms with Gasteiger partial charge in [0, 0.05) is 0 Å². The quantitative estimate of drug-likeness (QED) is 0.862. The lowest BCUT2D eigenvalue weighted by Gasteiger charge is -2.15. The number of hydrogen-bond acceptors (Lipinski definition) is 4. The van der Waals surface area contributed by atoms with E-state index in [1.54, 1.807) is 19.9 Å². The van der Waals surface area contributed by atoms with Crippen molar-refractivity contribution in [1.82, 2.24) is 0 Å². The second-order valence-electron chi connectivity index (χ2n) is 5.22. The van der Waals surface area contributed by atoms with Crippen LogP contribution in [0.15, 0.2) is 35.2 Å². The van der Waals surface area contributed by atoms with E-state index in [0.29, 0.717) is 11.1 Å². The lowest BCUT2D eigenvalue weighted by Crippen LogP contribution is -2.16. The van der Waals surface area contributed by atoms with Crippen LogP contribution in [0.5, 0.6) is 5.75 Å². The van der Waals surface area contributed by atoms with Crippen molar-refractivity contribution in [3.63, 3.8) is 0 Å². The highest BCUT2D eigenvalue weighted by Crippen LogP contribution is 2.31. The third kappa shape index (κ3) is 3.48. The van der Waals surface area contributed by atoms with E-state index in [2.05, 4.69) is 4.72 Å². The van der Waals surface area contributed by atoms with Gasteiger partial charge in [-0.2, -0.15) is 0 Å². The minimum Gasteiger partial charge on any atom is -0.495 e. The van der Waals surface area contributed by atoms with Gasteiger partial charge >= 0.3 is 5.97 Å². The molecule has 0 saturated carbocycles. The molecule has 0 bridgehead atoms. The largest absolute Gasteiger partial charge is 0.495 e. The Morgan fingerprint density at radius 3 is 2.46 bits per heavy atom. The molecule has 24 heavy (non-hydrogen) atoms. The lowest BCUT2D eigenvalue weighted by molar-refractivity contribution is 0.0697. The number of sulfonamides is 1. The summed E-state index contributed by atoms with van der Waals surface area (Å²) in [6.07, 6.45) is 0. The zero-order valence-corrected chi connectivity index (χ0v) is 14.1. The van der Waals surface area contributed by atoms with E-state index >= 15 is 0 Å². The van der Waals surface area contributed by atoms with Crippen LogP contribution >= 0.6 is 0 Å². The Morgan fingerprint density at radius 2 is 1.88 bits per heavy atom. The van der Waals surface area contributed by atoms with Gasteiger partial charge in [0.15, 0.2) is 0 Å². The molecule has 0 atom stereocenters. The standard InChI is InChI=1S/C16H16FNO5S/c1-9-6-10(2)15(23-3)14(7-9)24(21,22)18-13-8-11(16(19)20)4-5-12(13)17/h4-8,18H,1-3H3,(H,19,20). The summed E-state index contributed by atoms with van der Waals surface area (Å²) >= 11 is 0. The van der Waals surface area contributed by atoms with Crippen LogP contribution in [-0.2, 0) is 10.0 Å². The molecule has 0 aliphatic rings. The molecule has 0 unspecified atom stereocenters. The van der Waals surface area contributed by atoms with Crippen molar-refractivity contribution in [1.29, 1.82) is 0 Å². The highest BCUT2D eigenvalue weighted by molar-refractivity contribution is 7.92. The number of methoxy groups -OCH3 is 1. The predicted molar refractivity (Wildman–Crippen MR) is 86.6 cm³/mol. The van der Waals surface area contributed by atoms with Gasteiger partial charge in [-0.25, -0.2) is 17.6 Å². The predicted octanol–water partition coefficient (Wildman–Crippen LogP) is 2.95. The smallest absolute Gasteiger partial charge is 0.335 e. The van der Waals surface area contributed by atoms with Crippen LogP contribution in [0.25, 0.3) is 0 Å². The van der Waals surface area contributed by atoms with Crippen LogP contribution in [0.3, 0.4) is 0 Å². The number of aryl methyl sites for hydroxylation is 2. The Balaban J connectivity index is 2.54. The van der Waals surface area contributed by atoms with Crippen molar-refractivity contribution in [3.05, 3.63) is 52.8 Å². The molecular weight excluding hydrogens is 337 g/mol. The molecule has 8 heteroatoms. The summed E-state index contributed by atoms with van der Waals surface area (Å²) < 4.78 is 46.3. The first-order valence-electron chi connectivity index (χ1n) is 6.86. The maximum atomic E-state index is 13.9. The number of hydrogen-bond donors (Lipinski definition) is 2. The summed E-state index contributed by atoms with van der Waals surface area (Å²) in [4.78, 5) is 10.8. The van der Waals surface area contributed by atoms with E-state index in [0.717, 1.165) is 18.2 Å². The number of benzene rings is 2. The molecule has 6 nitrogen and oxygen atoms in total. The van der Waals surface area contributed by atoms with Crippen LogP contribution in [-0.4, -0.2) is 26.6 Å². The number of halogens is 1. The number of anilines is 1. The van der Waals surface area contributed by atoms with Crippen molar-refractivity contribution >= 4 is 21.7 Å². The topological polar surface area (TPSA) is 92.7 Å². The van der Waals surface area contributed by atoms with Crippen LogP contribution in [0.2, 0.25) is 0 Å². The Kier molecular flexibility index (Phi) is 4.79. The highest BCUT2D eigenvalue weighted by atomic mass is 32.2. The van der Waals surface area contributed by atoms with E-state index in [-0.39, 0.29) is 16.2 Å². The van der Waals surface area contributed by atoms with Crippen molar-refractivity contribution in [2.24, 2.45) is 0 Å². The fourth-order valence-electron chi connectivity index (χ4n) is 2.31. The second kappa shape index (κ2) is 6.48. The van der Waals surface area contributed by atoms with Crippen molar-refractivity contribution in [2.75, 3.05) is 11.8 Å². The second-order valence-corrected chi connectivity index (χ2v) is 6.87. The van der Waals surface area contributed by atoms with E-state index in [1.807, 2.05) is 0 Å². The molecule has 0 aromatic heterocycles. The first-order chi connectivity index (χ1) is 11.2. The van der Waals surface area contributed by atoms with Gasteiger partial charge in [-0.05, 0) is 49.2 Å². The van der Waals surface area contributed by atoms with Crippen molar-refractivity contribution in [2.45, 2.75) is 18.7 Å². The summed E-state index contributed by atoms with van der Waals surface area (Å²) in [6, 6.07) is 6.01. The fourth-order valence-corrected chi connectivity index (χ4v) is 3.70. The Morgan fingerprint density at radius 1 is 1.21 bits per heavy atom. The van der Waals surface area contributed by atoms with E-state index in [9.17, 15) is 17.6 Å². The molecule has 2 aromatic carbocycles. The molecule has 0 aliphatic carbocycles. The van der Waals surface area contributed by atoms with Gasteiger partial charge in [0.25, 0.3) is 10.0 Å². The van der Waals surface area contributed by atoms with E-state index in [1.165, 1.54) is 13.2 Å². The molecule has 0 amide bonds. The number of carbonyl (C=O) groups is 1. The zero-order chi connectivity index (χ0) is 18.1. The monoisotopic (exact) mass is 353 g/mol. The molecule has 2 N–H and O–H groups in total. The van der Waals surface area contributed by atoms with E-state index in [4.69, 9.17) is 9.84 Å². The molecule has 2 rings (SSSR count). The maximum absolute atomic E-state index is 13.9. The van der Waals surface area contributed by atoms with E-state index < -0.39 is 27.5 Å². The van der Waals surface area contributed by atoms with Gasteiger partial charge in [-0.3, -0.25) is 4.72 Å². The van der Waals surface area contributed by atoms with Crippen LogP contribution in [0.1, 0.15) is 21.5 Å². The first kappa shape index (κ1) is 17.7. The Bertz CT molecular complexity index is 909. The van der Waals surface area contributed by atoms with Gasteiger partial charge in [0.2, 0.25) is 0 Å². The van der Waals surface area contributed by atoms with Crippen molar-refractivity contribution < 1.29 is 27.4 Å². The molecule has 0 aliphatic heterocycles. The summed E-state index contributed by atoms with van der Waals surface area (Å²) in [5.41, 5.74) is 0.615. The summed E-state index contributed by atoms with van der Waals surface area (Å²) in [5.74, 6) is -2.03. The van der Waals surface area contributed by atoms with Crippen LogP contribution in [0.4, 0.5) is 10.1 Å². The molecule has 0 spiro atoms. The van der Waals surface area contributed by atoms with Crippen molar-refractivity contribution in [3.8, 4) is 5.75 Å². The maximum Gasteiger partial charge on any atom is 0.335 e. The SMILES string of the molecule is COc1c(C)cc(C)cc1S(=O)(=O)Nc1cc(C(=O)O)ccc1F. The average molecular weight is 353 g/mol. The fraction of sp³-hybridized carbons (Fsp3) is 0.188. The van der Waals surface area contributed by atoms with Crippen LogP contribution < -0.4 is 9.46 Å². The number of carboxylic acids is 1. The molecular formula is C16H16FNO5S. The molecule has 0 fully saturated rings. The Labute approximate surface area is 138 Å². The number of ether oxygens (including phenoxy) is 1. The number of aromatic carboxylic acids is 1. The zero-order valence-electron chi connectivity index (χ0n) is 13.3. The summed E-state index contributed by atoms with van der Waals surface area (Å²) in [6.45, 7) is 3.41. The molecule has 0 radical (unpaired) electrons. The number of rotatable bonds is 5. The summed E-state index contributed by atoms with van der Waals surface area (Å²) in [7, 11) is -2.84. The molecule has 128 valence electrons. The molecule has 2 aromatic rings. The van der Waals surface area contributed by atoms with Gasteiger partial charge in [-0.15, -0.1) is 0 Å². The minimum absolute atomic E-state index is 0.142. The normalized spacial score (nSPS) is 11.2. The minimum atomic E-state index is -4.17. The molecule has 0 heterocycles.